The van der Waals surface area contributed by atoms with E-state index in [1.807, 2.05) is 4.90 Å². The number of anilines is 2. The lowest BCUT2D eigenvalue weighted by Crippen LogP contribution is -2.36. The van der Waals surface area contributed by atoms with Gasteiger partial charge in [0.1, 0.15) is 5.15 Å². The number of aromatic carboxylic acids is 1. The van der Waals surface area contributed by atoms with Gasteiger partial charge in [-0.2, -0.15) is 13.2 Å². The fraction of sp³-hybridized carbons (Fsp3) is 0.391. The number of nitrogens with one attached hydrogen (secondary N) is 1. The molecule has 1 aliphatic rings. The lowest BCUT2D eigenvalue weighted by Gasteiger charge is -2.30. The van der Waals surface area contributed by atoms with Gasteiger partial charge in [-0.25, -0.2) is 14.8 Å². The summed E-state index contributed by atoms with van der Waals surface area (Å²) in [7, 11) is 1.55. The third-order valence-corrected chi connectivity index (χ3v) is 6.18. The van der Waals surface area contributed by atoms with Crippen LogP contribution in [0.25, 0.3) is 10.9 Å². The number of aromatic nitrogens is 3. The van der Waals surface area contributed by atoms with E-state index in [4.69, 9.17) is 11.6 Å². The van der Waals surface area contributed by atoms with Crippen LogP contribution in [0.4, 0.5) is 24.8 Å². The Morgan fingerprint density at radius 2 is 1.86 bits per heavy atom. The summed E-state index contributed by atoms with van der Waals surface area (Å²) in [5.74, 6) is -1.24. The lowest BCUT2D eigenvalue weighted by molar-refractivity contribution is -0.143. The molecule has 4 rings (SSSR count). The molecule has 0 spiro atoms. The van der Waals surface area contributed by atoms with Crippen molar-refractivity contribution in [2.75, 3.05) is 23.3 Å². The summed E-state index contributed by atoms with van der Waals surface area (Å²) < 4.78 is 44.6. The molecule has 0 aliphatic carbocycles. The molecule has 0 amide bonds. The zero-order valence-corrected chi connectivity index (χ0v) is 19.7. The highest BCUT2D eigenvalue weighted by Gasteiger charge is 2.43. The van der Waals surface area contributed by atoms with Gasteiger partial charge in [-0.1, -0.05) is 17.7 Å². The standard InChI is InChI=1S/C23H23ClF3N5O3/c1-12-10-13(19(23(25,26)27)28-15-6-7-16(24)29-18(15)21(34)35)17-14(11-12)20(33)31(2)22(30-17)32-8-4-3-5-9-32/h6-7,10-11,19,28H,3-5,8-9H2,1-2H3,(H,34,35). The van der Waals surface area contributed by atoms with Crippen molar-refractivity contribution in [1.29, 1.82) is 0 Å². The van der Waals surface area contributed by atoms with Crippen molar-refractivity contribution >= 4 is 40.1 Å². The first-order valence-electron chi connectivity index (χ1n) is 11.0. The minimum Gasteiger partial charge on any atom is -0.476 e. The third-order valence-electron chi connectivity index (χ3n) is 5.97. The number of halogens is 4. The van der Waals surface area contributed by atoms with Crippen molar-refractivity contribution < 1.29 is 23.1 Å². The Kier molecular flexibility index (Phi) is 6.63. The number of hydrogen-bond donors (Lipinski definition) is 2. The molecule has 0 bridgehead atoms. The Morgan fingerprint density at radius 1 is 1.17 bits per heavy atom. The highest BCUT2D eigenvalue weighted by atomic mass is 35.5. The number of alkyl halides is 3. The van der Waals surface area contributed by atoms with Gasteiger partial charge >= 0.3 is 12.1 Å². The van der Waals surface area contributed by atoms with Crippen LogP contribution in [0.2, 0.25) is 5.15 Å². The second-order valence-corrected chi connectivity index (χ2v) is 8.92. The maximum atomic E-state index is 14.4. The molecule has 186 valence electrons. The van der Waals surface area contributed by atoms with Crippen molar-refractivity contribution in [2.24, 2.45) is 7.05 Å². The number of piperidine rings is 1. The quantitative estimate of drug-likeness (QED) is 0.481. The number of benzene rings is 1. The van der Waals surface area contributed by atoms with Crippen molar-refractivity contribution in [1.82, 2.24) is 14.5 Å². The fourth-order valence-corrected chi connectivity index (χ4v) is 4.49. The molecule has 1 unspecified atom stereocenters. The molecule has 3 aromatic rings. The maximum Gasteiger partial charge on any atom is 0.412 e. The Bertz CT molecular complexity index is 1350. The van der Waals surface area contributed by atoms with E-state index in [2.05, 4.69) is 15.3 Å². The van der Waals surface area contributed by atoms with E-state index in [0.29, 0.717) is 24.6 Å². The predicted octanol–water partition coefficient (Wildman–Crippen LogP) is 4.69. The van der Waals surface area contributed by atoms with E-state index in [1.54, 1.807) is 14.0 Å². The number of rotatable bonds is 5. The Morgan fingerprint density at radius 3 is 2.49 bits per heavy atom. The summed E-state index contributed by atoms with van der Waals surface area (Å²) in [6.07, 6.45) is -2.04. The molecule has 12 heteroatoms. The Labute approximate surface area is 203 Å². The smallest absolute Gasteiger partial charge is 0.412 e. The zero-order chi connectivity index (χ0) is 25.5. The minimum atomic E-state index is -4.86. The predicted molar refractivity (Wildman–Crippen MR) is 126 cm³/mol. The third kappa shape index (κ3) is 4.90. The summed E-state index contributed by atoms with van der Waals surface area (Å²) in [6, 6.07) is 2.78. The molecular formula is C23H23ClF3N5O3. The summed E-state index contributed by atoms with van der Waals surface area (Å²) in [5.41, 5.74) is -1.41. The average Bonchev–Trinajstić information content (AvgIpc) is 2.80. The van der Waals surface area contributed by atoms with Crippen molar-refractivity contribution in [3.63, 3.8) is 0 Å². The van der Waals surface area contributed by atoms with E-state index in [-0.39, 0.29) is 27.3 Å². The van der Waals surface area contributed by atoms with Crippen LogP contribution in [-0.2, 0) is 7.05 Å². The Hall–Kier alpha value is -3.34. The number of carboxylic acid groups (broad SMARTS) is 1. The molecule has 1 aromatic carbocycles. The highest BCUT2D eigenvalue weighted by molar-refractivity contribution is 6.29. The normalized spacial score (nSPS) is 15.3. The van der Waals surface area contributed by atoms with Gasteiger partial charge < -0.3 is 15.3 Å². The summed E-state index contributed by atoms with van der Waals surface area (Å²) in [6.45, 7) is 2.87. The molecule has 2 aromatic heterocycles. The molecule has 35 heavy (non-hydrogen) atoms. The van der Waals surface area contributed by atoms with Crippen LogP contribution in [0, 0.1) is 6.92 Å². The van der Waals surface area contributed by atoms with E-state index >= 15 is 0 Å². The van der Waals surface area contributed by atoms with Crippen molar-refractivity contribution in [3.8, 4) is 0 Å². The van der Waals surface area contributed by atoms with Gasteiger partial charge in [-0.05, 0) is 49.9 Å². The van der Waals surface area contributed by atoms with Crippen LogP contribution < -0.4 is 15.8 Å². The molecule has 0 saturated carbocycles. The van der Waals surface area contributed by atoms with Crippen LogP contribution in [0.1, 0.15) is 46.9 Å². The highest BCUT2D eigenvalue weighted by Crippen LogP contribution is 2.39. The minimum absolute atomic E-state index is 0.0481. The number of nitrogens with zero attached hydrogens (tertiary/aromatic N) is 4. The first-order valence-corrected chi connectivity index (χ1v) is 11.3. The summed E-state index contributed by atoms with van der Waals surface area (Å²) in [4.78, 5) is 34.9. The van der Waals surface area contributed by atoms with Crippen LogP contribution in [0.5, 0.6) is 0 Å². The summed E-state index contributed by atoms with van der Waals surface area (Å²) in [5, 5.41) is 11.6. The van der Waals surface area contributed by atoms with Gasteiger partial charge in [-0.3, -0.25) is 9.36 Å². The number of hydrogen-bond acceptors (Lipinski definition) is 6. The monoisotopic (exact) mass is 509 g/mol. The second-order valence-electron chi connectivity index (χ2n) is 8.53. The number of carboxylic acids is 1. The van der Waals surface area contributed by atoms with E-state index in [1.165, 1.54) is 22.8 Å². The number of fused-ring (bicyclic) bond motifs is 1. The average molecular weight is 510 g/mol. The second kappa shape index (κ2) is 9.37. The van der Waals surface area contributed by atoms with E-state index in [0.717, 1.165) is 25.3 Å². The maximum absolute atomic E-state index is 14.4. The molecular weight excluding hydrogens is 487 g/mol. The van der Waals surface area contributed by atoms with Crippen LogP contribution >= 0.6 is 11.6 Å². The number of carbonyl (C=O) groups is 1. The van der Waals surface area contributed by atoms with Crippen LogP contribution in [0.15, 0.2) is 29.1 Å². The molecule has 1 aliphatic heterocycles. The van der Waals surface area contributed by atoms with Gasteiger partial charge in [-0.15, -0.1) is 0 Å². The Balaban J connectivity index is 1.94. The van der Waals surface area contributed by atoms with E-state index in [9.17, 15) is 27.9 Å². The van der Waals surface area contributed by atoms with Gasteiger partial charge in [0.2, 0.25) is 5.95 Å². The topological polar surface area (TPSA) is 100 Å². The molecule has 1 atom stereocenters. The molecule has 2 N–H and O–H groups in total. The number of aryl methyl sites for hydroxylation is 1. The fourth-order valence-electron chi connectivity index (χ4n) is 4.34. The van der Waals surface area contributed by atoms with Crippen molar-refractivity contribution in [3.05, 3.63) is 56.6 Å². The first-order chi connectivity index (χ1) is 16.5. The number of pyridine rings is 1. The molecule has 1 fully saturated rings. The zero-order valence-electron chi connectivity index (χ0n) is 19.0. The molecule has 0 radical (unpaired) electrons. The van der Waals surface area contributed by atoms with Crippen LogP contribution in [-0.4, -0.2) is 44.9 Å². The van der Waals surface area contributed by atoms with E-state index < -0.39 is 29.4 Å². The first kappa shape index (κ1) is 24.8. The van der Waals surface area contributed by atoms with Crippen molar-refractivity contribution in [2.45, 2.75) is 38.4 Å². The summed E-state index contributed by atoms with van der Waals surface area (Å²) >= 11 is 5.75. The van der Waals surface area contributed by atoms with Gasteiger partial charge in [0.05, 0.1) is 16.6 Å². The SMILES string of the molecule is Cc1cc(C(Nc2ccc(Cl)nc2C(=O)O)C(F)(F)F)c2nc(N3CCCCC3)n(C)c(=O)c2c1. The molecule has 3 heterocycles. The molecule has 8 nitrogen and oxygen atoms in total. The molecule has 1 saturated heterocycles. The van der Waals surface area contributed by atoms with Crippen LogP contribution in [0.3, 0.4) is 0 Å². The largest absolute Gasteiger partial charge is 0.476 e. The van der Waals surface area contributed by atoms with Gasteiger partial charge in [0, 0.05) is 25.7 Å². The van der Waals surface area contributed by atoms with Gasteiger partial charge in [0.25, 0.3) is 5.56 Å². The lowest BCUT2D eigenvalue weighted by atomic mass is 9.99. The van der Waals surface area contributed by atoms with Gasteiger partial charge in [0.15, 0.2) is 11.7 Å².